The van der Waals surface area contributed by atoms with Crippen molar-refractivity contribution in [1.82, 2.24) is 10.2 Å². The SMILES string of the molecule is CC(CN1CCOCC1)Oc1cccc(-c2ccc(C(=O)NCC3CCCC3(C)C)cc2)c1. The van der Waals surface area contributed by atoms with Gasteiger partial charge in [-0.2, -0.15) is 0 Å². The number of morpholine rings is 1. The van der Waals surface area contributed by atoms with Gasteiger partial charge in [-0.05, 0) is 66.5 Å². The molecule has 1 N–H and O–H groups in total. The molecule has 1 aliphatic heterocycles. The second-order valence-electron chi connectivity index (χ2n) is 10.2. The van der Waals surface area contributed by atoms with Crippen molar-refractivity contribution in [2.45, 2.75) is 46.1 Å². The fourth-order valence-corrected chi connectivity index (χ4v) is 5.08. The van der Waals surface area contributed by atoms with E-state index >= 15 is 0 Å². The zero-order chi connectivity index (χ0) is 23.3. The minimum Gasteiger partial charge on any atom is -0.489 e. The summed E-state index contributed by atoms with van der Waals surface area (Å²) in [5, 5.41) is 3.15. The standard InChI is InChI=1S/C28H38N2O3/c1-21(20-30-14-16-32-17-15-30)33-26-8-4-6-24(18-26)22-9-11-23(12-10-22)27(31)29-19-25-7-5-13-28(25,2)3/h4,6,8-12,18,21,25H,5,7,13-17,19-20H2,1-3H3,(H,29,31). The quantitative estimate of drug-likeness (QED) is 0.614. The highest BCUT2D eigenvalue weighted by atomic mass is 16.5. The van der Waals surface area contributed by atoms with Gasteiger partial charge in [0.25, 0.3) is 5.91 Å². The van der Waals surface area contributed by atoms with Crippen molar-refractivity contribution in [3.8, 4) is 16.9 Å². The molecule has 5 nitrogen and oxygen atoms in total. The lowest BCUT2D eigenvalue weighted by Crippen LogP contribution is -2.41. The average Bonchev–Trinajstić information content (AvgIpc) is 3.16. The van der Waals surface area contributed by atoms with Crippen LogP contribution in [0.25, 0.3) is 11.1 Å². The maximum atomic E-state index is 12.7. The van der Waals surface area contributed by atoms with E-state index in [1.165, 1.54) is 19.3 Å². The van der Waals surface area contributed by atoms with Crippen LogP contribution < -0.4 is 10.1 Å². The van der Waals surface area contributed by atoms with Crippen LogP contribution in [0.2, 0.25) is 0 Å². The fourth-order valence-electron chi connectivity index (χ4n) is 5.08. The summed E-state index contributed by atoms with van der Waals surface area (Å²) in [6.45, 7) is 11.9. The molecule has 5 heteroatoms. The van der Waals surface area contributed by atoms with E-state index in [-0.39, 0.29) is 12.0 Å². The van der Waals surface area contributed by atoms with Crippen LogP contribution in [0.4, 0.5) is 0 Å². The largest absolute Gasteiger partial charge is 0.489 e. The van der Waals surface area contributed by atoms with E-state index in [1.807, 2.05) is 36.4 Å². The third-order valence-corrected chi connectivity index (χ3v) is 7.26. The van der Waals surface area contributed by atoms with Gasteiger partial charge in [0, 0.05) is 31.7 Å². The Morgan fingerprint density at radius 2 is 1.91 bits per heavy atom. The van der Waals surface area contributed by atoms with E-state index in [1.54, 1.807) is 0 Å². The first-order chi connectivity index (χ1) is 15.9. The van der Waals surface area contributed by atoms with Crippen LogP contribution in [0.15, 0.2) is 48.5 Å². The number of carbonyl (C=O) groups is 1. The maximum absolute atomic E-state index is 12.7. The number of nitrogens with zero attached hydrogens (tertiary/aromatic N) is 1. The summed E-state index contributed by atoms with van der Waals surface area (Å²) < 4.78 is 11.6. The summed E-state index contributed by atoms with van der Waals surface area (Å²) in [6.07, 6.45) is 3.82. The van der Waals surface area contributed by atoms with Crippen LogP contribution in [0, 0.1) is 11.3 Å². The number of nitrogens with one attached hydrogen (secondary N) is 1. The first-order valence-corrected chi connectivity index (χ1v) is 12.4. The van der Waals surface area contributed by atoms with Gasteiger partial charge in [0.15, 0.2) is 0 Å². The van der Waals surface area contributed by atoms with E-state index in [9.17, 15) is 4.79 Å². The molecule has 4 rings (SSSR count). The molecule has 0 radical (unpaired) electrons. The normalized spacial score (nSPS) is 21.5. The molecule has 1 saturated heterocycles. The van der Waals surface area contributed by atoms with E-state index in [4.69, 9.17) is 9.47 Å². The van der Waals surface area contributed by atoms with E-state index < -0.39 is 0 Å². The van der Waals surface area contributed by atoms with Crippen LogP contribution in [-0.2, 0) is 4.74 Å². The number of hydrogen-bond donors (Lipinski definition) is 1. The minimum atomic E-state index is 0.0123. The van der Waals surface area contributed by atoms with Crippen LogP contribution in [0.3, 0.4) is 0 Å². The van der Waals surface area contributed by atoms with Crippen LogP contribution in [-0.4, -0.2) is 56.3 Å². The van der Waals surface area contributed by atoms with Crippen molar-refractivity contribution in [1.29, 1.82) is 0 Å². The molecule has 0 spiro atoms. The Morgan fingerprint density at radius 3 is 2.61 bits per heavy atom. The molecule has 1 aliphatic carbocycles. The molecule has 1 heterocycles. The summed E-state index contributed by atoms with van der Waals surface area (Å²) >= 11 is 0. The van der Waals surface area contributed by atoms with E-state index in [2.05, 4.69) is 43.1 Å². The second-order valence-corrected chi connectivity index (χ2v) is 10.2. The topological polar surface area (TPSA) is 50.8 Å². The van der Waals surface area contributed by atoms with Crippen LogP contribution in [0.5, 0.6) is 5.75 Å². The van der Waals surface area contributed by atoms with Crippen molar-refractivity contribution < 1.29 is 14.3 Å². The Bertz CT molecular complexity index is 919. The minimum absolute atomic E-state index is 0.0123. The van der Waals surface area contributed by atoms with Gasteiger partial charge in [-0.1, -0.05) is 44.5 Å². The zero-order valence-electron chi connectivity index (χ0n) is 20.3. The molecule has 1 saturated carbocycles. The smallest absolute Gasteiger partial charge is 0.251 e. The first kappa shape index (κ1) is 23.8. The average molecular weight is 451 g/mol. The van der Waals surface area contributed by atoms with Crippen molar-refractivity contribution in [2.75, 3.05) is 39.4 Å². The number of carbonyl (C=O) groups excluding carboxylic acids is 1. The zero-order valence-corrected chi connectivity index (χ0v) is 20.3. The van der Waals surface area contributed by atoms with E-state index in [0.717, 1.165) is 56.3 Å². The van der Waals surface area contributed by atoms with Gasteiger partial charge in [-0.3, -0.25) is 9.69 Å². The lowest BCUT2D eigenvalue weighted by Gasteiger charge is -2.29. The third-order valence-electron chi connectivity index (χ3n) is 7.26. The van der Waals surface area contributed by atoms with Gasteiger partial charge in [0.1, 0.15) is 11.9 Å². The Hall–Kier alpha value is -2.37. The molecule has 2 fully saturated rings. The molecule has 2 aliphatic rings. The molecular weight excluding hydrogens is 412 g/mol. The molecule has 2 aromatic rings. The summed E-state index contributed by atoms with van der Waals surface area (Å²) in [5.74, 6) is 1.45. The van der Waals surface area contributed by atoms with Gasteiger partial charge < -0.3 is 14.8 Å². The van der Waals surface area contributed by atoms with E-state index in [0.29, 0.717) is 16.9 Å². The summed E-state index contributed by atoms with van der Waals surface area (Å²) in [6, 6.07) is 16.1. The highest BCUT2D eigenvalue weighted by Crippen LogP contribution is 2.42. The summed E-state index contributed by atoms with van der Waals surface area (Å²) in [5.41, 5.74) is 3.20. The van der Waals surface area contributed by atoms with Crippen LogP contribution >= 0.6 is 0 Å². The van der Waals surface area contributed by atoms with Crippen molar-refractivity contribution >= 4 is 5.91 Å². The molecule has 1 amide bonds. The molecule has 0 bridgehead atoms. The van der Waals surface area contributed by atoms with Crippen molar-refractivity contribution in [3.05, 3.63) is 54.1 Å². The van der Waals surface area contributed by atoms with Gasteiger partial charge in [0.2, 0.25) is 0 Å². The maximum Gasteiger partial charge on any atom is 0.251 e. The van der Waals surface area contributed by atoms with Crippen LogP contribution in [0.1, 0.15) is 50.4 Å². The van der Waals surface area contributed by atoms with Gasteiger partial charge in [-0.15, -0.1) is 0 Å². The predicted molar refractivity (Wildman–Crippen MR) is 133 cm³/mol. The predicted octanol–water partition coefficient (Wildman–Crippen LogP) is 5.01. The highest BCUT2D eigenvalue weighted by molar-refractivity contribution is 5.94. The van der Waals surface area contributed by atoms with Gasteiger partial charge >= 0.3 is 0 Å². The first-order valence-electron chi connectivity index (χ1n) is 12.4. The Labute approximate surface area is 198 Å². The Kier molecular flexibility index (Phi) is 7.71. The van der Waals surface area contributed by atoms with Crippen molar-refractivity contribution in [2.24, 2.45) is 11.3 Å². The fraction of sp³-hybridized carbons (Fsp3) is 0.536. The second kappa shape index (κ2) is 10.7. The van der Waals surface area contributed by atoms with Crippen molar-refractivity contribution in [3.63, 3.8) is 0 Å². The summed E-state index contributed by atoms with van der Waals surface area (Å²) in [4.78, 5) is 15.0. The lowest BCUT2D eigenvalue weighted by molar-refractivity contribution is 0.0219. The number of amides is 1. The third kappa shape index (κ3) is 6.36. The Balaban J connectivity index is 1.33. The number of hydrogen-bond acceptors (Lipinski definition) is 4. The molecule has 178 valence electrons. The highest BCUT2D eigenvalue weighted by Gasteiger charge is 2.34. The molecule has 2 unspecified atom stereocenters. The molecule has 33 heavy (non-hydrogen) atoms. The number of benzene rings is 2. The van der Waals surface area contributed by atoms with Gasteiger partial charge in [-0.25, -0.2) is 0 Å². The molecule has 2 atom stereocenters. The molecule has 2 aromatic carbocycles. The summed E-state index contributed by atoms with van der Waals surface area (Å²) in [7, 11) is 0. The molecule has 0 aromatic heterocycles. The Morgan fingerprint density at radius 1 is 1.15 bits per heavy atom. The molecular formula is C28H38N2O3. The monoisotopic (exact) mass is 450 g/mol. The number of rotatable bonds is 8. The van der Waals surface area contributed by atoms with Gasteiger partial charge in [0.05, 0.1) is 13.2 Å². The lowest BCUT2D eigenvalue weighted by atomic mass is 9.82. The number of ether oxygens (including phenoxy) is 2.